The molecule has 31 heavy (non-hydrogen) atoms. The van der Waals surface area contributed by atoms with Crippen LogP contribution in [0, 0.1) is 0 Å². The van der Waals surface area contributed by atoms with Gasteiger partial charge in [-0.15, -0.1) is 0 Å². The van der Waals surface area contributed by atoms with E-state index >= 15 is 0 Å². The van der Waals surface area contributed by atoms with Gasteiger partial charge in [-0.25, -0.2) is 5.09 Å². The number of pyridine rings is 1. The lowest BCUT2D eigenvalue weighted by Gasteiger charge is -2.19. The van der Waals surface area contributed by atoms with Gasteiger partial charge in [0.15, 0.2) is 0 Å². The molecule has 2 aromatic heterocycles. The molecule has 0 aliphatic heterocycles. The molecule has 1 unspecified atom stereocenters. The molecule has 0 amide bonds. The zero-order chi connectivity index (χ0) is 22.6. The summed E-state index contributed by atoms with van der Waals surface area (Å²) in [5.74, 6) is -1.11. The first-order valence-corrected chi connectivity index (χ1v) is 11.8. The Balaban J connectivity index is 1.72. The lowest BCUT2D eigenvalue weighted by Crippen LogP contribution is -2.15. The first kappa shape index (κ1) is 24.0. The molecule has 0 spiro atoms. The molecule has 166 valence electrons. The highest BCUT2D eigenvalue weighted by molar-refractivity contribution is 7.56. The quantitative estimate of drug-likeness (QED) is 0.268. The largest absolute Gasteiger partial charge is 0.400 e. The monoisotopic (exact) mass is 510 g/mol. The summed E-state index contributed by atoms with van der Waals surface area (Å²) >= 11 is 16.9. The fourth-order valence-electron chi connectivity index (χ4n) is 2.55. The van der Waals surface area contributed by atoms with E-state index in [0.29, 0.717) is 26.9 Å². The molecule has 0 saturated carbocycles. The van der Waals surface area contributed by atoms with Gasteiger partial charge in [-0.2, -0.15) is 13.8 Å². The molecule has 3 aromatic rings. The van der Waals surface area contributed by atoms with Gasteiger partial charge in [0.05, 0.1) is 18.5 Å². The normalized spacial score (nSPS) is 13.9. The molecule has 0 radical (unpaired) electrons. The van der Waals surface area contributed by atoms with Crippen molar-refractivity contribution in [1.82, 2.24) is 20.2 Å². The number of nitrogens with one attached hydrogen (secondary N) is 1. The van der Waals surface area contributed by atoms with Gasteiger partial charge in [0.2, 0.25) is 5.82 Å². The highest BCUT2D eigenvalue weighted by Gasteiger charge is 2.35. The van der Waals surface area contributed by atoms with Gasteiger partial charge in [-0.3, -0.25) is 9.55 Å². The van der Waals surface area contributed by atoms with Crippen molar-refractivity contribution in [2.24, 2.45) is 0 Å². The molecular formula is C18H16Cl3F2N4O3P. The van der Waals surface area contributed by atoms with Crippen LogP contribution in [-0.2, 0) is 27.2 Å². The average molecular weight is 512 g/mol. The van der Waals surface area contributed by atoms with Gasteiger partial charge in [-0.1, -0.05) is 34.4 Å². The summed E-state index contributed by atoms with van der Waals surface area (Å²) in [6.45, 7) is 2.14. The Kier molecular flexibility index (Phi) is 7.68. The maximum absolute atomic E-state index is 13.2. The SMILES string of the molecule is CCOP(=O)(Cc1ccc(-c2noc(C(F)(F)Cl)n2)cn1)NCc1ccc(Cl)cc1Cl. The maximum Gasteiger partial charge on any atom is 0.400 e. The third-order valence-electron chi connectivity index (χ3n) is 3.98. The summed E-state index contributed by atoms with van der Waals surface area (Å²) in [6.07, 6.45) is 1.34. The van der Waals surface area contributed by atoms with Crippen molar-refractivity contribution in [2.75, 3.05) is 6.61 Å². The Morgan fingerprint density at radius 2 is 2.03 bits per heavy atom. The number of rotatable bonds is 9. The lowest BCUT2D eigenvalue weighted by atomic mass is 10.2. The summed E-state index contributed by atoms with van der Waals surface area (Å²) < 4.78 is 49.2. The van der Waals surface area contributed by atoms with E-state index in [1.165, 1.54) is 12.3 Å². The Labute approximate surface area is 191 Å². The van der Waals surface area contributed by atoms with Crippen LogP contribution < -0.4 is 5.09 Å². The van der Waals surface area contributed by atoms with Gasteiger partial charge in [-0.05, 0) is 48.4 Å². The number of halogens is 5. The number of benzene rings is 1. The van der Waals surface area contributed by atoms with E-state index in [0.717, 1.165) is 0 Å². The fraction of sp³-hybridized carbons (Fsp3) is 0.278. The van der Waals surface area contributed by atoms with Crippen LogP contribution in [0.3, 0.4) is 0 Å². The second kappa shape index (κ2) is 9.90. The maximum atomic E-state index is 13.2. The lowest BCUT2D eigenvalue weighted by molar-refractivity contribution is 0.0551. The summed E-state index contributed by atoms with van der Waals surface area (Å²) in [5, 5.41) is 3.55. The van der Waals surface area contributed by atoms with Crippen LogP contribution in [0.1, 0.15) is 24.1 Å². The second-order valence-electron chi connectivity index (χ2n) is 6.28. The van der Waals surface area contributed by atoms with Crippen LogP contribution in [0.5, 0.6) is 0 Å². The topological polar surface area (TPSA) is 90.1 Å². The number of hydrogen-bond acceptors (Lipinski definition) is 6. The van der Waals surface area contributed by atoms with E-state index in [2.05, 4.69) is 24.7 Å². The van der Waals surface area contributed by atoms with Crippen molar-refractivity contribution in [3.8, 4) is 11.4 Å². The van der Waals surface area contributed by atoms with Gasteiger partial charge in [0.1, 0.15) is 0 Å². The third kappa shape index (κ3) is 6.44. The second-order valence-corrected chi connectivity index (χ2v) is 9.83. The molecule has 1 N–H and O–H groups in total. The zero-order valence-corrected chi connectivity index (χ0v) is 19.2. The highest BCUT2D eigenvalue weighted by Crippen LogP contribution is 2.46. The number of aromatic nitrogens is 3. The summed E-state index contributed by atoms with van der Waals surface area (Å²) in [5.41, 5.74) is 1.48. The molecular weight excluding hydrogens is 496 g/mol. The minimum Gasteiger partial charge on any atom is -0.331 e. The van der Waals surface area contributed by atoms with E-state index in [1.54, 1.807) is 31.2 Å². The van der Waals surface area contributed by atoms with Crippen molar-refractivity contribution in [3.63, 3.8) is 0 Å². The predicted molar refractivity (Wildman–Crippen MR) is 114 cm³/mol. The summed E-state index contributed by atoms with van der Waals surface area (Å²) in [6, 6.07) is 8.10. The fourth-order valence-corrected chi connectivity index (χ4v) is 4.83. The molecule has 1 aromatic carbocycles. The third-order valence-corrected chi connectivity index (χ3v) is 6.79. The smallest absolute Gasteiger partial charge is 0.331 e. The van der Waals surface area contributed by atoms with Gasteiger partial charge < -0.3 is 9.05 Å². The Morgan fingerprint density at radius 3 is 2.61 bits per heavy atom. The van der Waals surface area contributed by atoms with E-state index in [9.17, 15) is 13.3 Å². The summed E-state index contributed by atoms with van der Waals surface area (Å²) in [7, 11) is -3.31. The van der Waals surface area contributed by atoms with Crippen molar-refractivity contribution in [1.29, 1.82) is 0 Å². The van der Waals surface area contributed by atoms with Crippen molar-refractivity contribution < 1.29 is 22.4 Å². The molecule has 0 bridgehead atoms. The van der Waals surface area contributed by atoms with Crippen molar-refractivity contribution >= 4 is 42.3 Å². The Bertz CT molecular complexity index is 1090. The average Bonchev–Trinajstić information content (AvgIpc) is 3.19. The number of alkyl halides is 3. The van der Waals surface area contributed by atoms with Gasteiger partial charge >= 0.3 is 11.3 Å². The first-order valence-electron chi connectivity index (χ1n) is 8.88. The van der Waals surface area contributed by atoms with E-state index < -0.39 is 18.8 Å². The molecule has 7 nitrogen and oxygen atoms in total. The van der Waals surface area contributed by atoms with Gasteiger partial charge in [0.25, 0.3) is 7.52 Å². The number of nitrogens with zero attached hydrogens (tertiary/aromatic N) is 3. The standard InChI is InChI=1S/C18H16Cl3F2N4O3P/c1-2-29-31(28,25-9-11-3-5-13(19)7-15(11)20)10-14-6-4-12(8-24-14)16-26-17(30-27-16)18(21,22)23/h3-8H,2,9-10H2,1H3,(H,25,28). The van der Waals surface area contributed by atoms with Crippen LogP contribution in [-0.4, -0.2) is 21.7 Å². The van der Waals surface area contributed by atoms with Crippen molar-refractivity contribution in [3.05, 3.63) is 63.7 Å². The van der Waals surface area contributed by atoms with Crippen LogP contribution in [0.2, 0.25) is 10.0 Å². The Hall–Kier alpha value is -1.61. The molecule has 3 rings (SSSR count). The van der Waals surface area contributed by atoms with E-state index in [4.69, 9.17) is 39.3 Å². The highest BCUT2D eigenvalue weighted by atomic mass is 35.5. The van der Waals surface area contributed by atoms with Crippen LogP contribution in [0.4, 0.5) is 8.78 Å². The molecule has 13 heteroatoms. The predicted octanol–water partition coefficient (Wildman–Crippen LogP) is 6.25. The first-order chi connectivity index (χ1) is 14.6. The van der Waals surface area contributed by atoms with E-state index in [1.807, 2.05) is 0 Å². The van der Waals surface area contributed by atoms with Crippen LogP contribution >= 0.6 is 42.3 Å². The Morgan fingerprint density at radius 1 is 1.26 bits per heavy atom. The molecule has 1 atom stereocenters. The van der Waals surface area contributed by atoms with Crippen LogP contribution in [0.15, 0.2) is 41.1 Å². The minimum absolute atomic E-state index is 0.0103. The zero-order valence-electron chi connectivity index (χ0n) is 16.0. The van der Waals surface area contributed by atoms with Crippen molar-refractivity contribution in [2.45, 2.75) is 25.0 Å². The van der Waals surface area contributed by atoms with E-state index in [-0.39, 0.29) is 25.1 Å². The minimum atomic E-state index is -3.76. The molecule has 0 saturated heterocycles. The van der Waals surface area contributed by atoms with Gasteiger partial charge in [0, 0.05) is 28.4 Å². The molecule has 0 fully saturated rings. The molecule has 0 aliphatic carbocycles. The number of hydrogen-bond donors (Lipinski definition) is 1. The molecule has 0 aliphatic rings. The van der Waals surface area contributed by atoms with Crippen LogP contribution in [0.25, 0.3) is 11.4 Å². The summed E-state index contributed by atoms with van der Waals surface area (Å²) in [4.78, 5) is 7.75. The molecule has 2 heterocycles.